The second-order valence-electron chi connectivity index (χ2n) is 4.48. The van der Waals surface area contributed by atoms with Crippen LogP contribution in [-0.4, -0.2) is 43.0 Å². The predicted molar refractivity (Wildman–Crippen MR) is 59.0 cm³/mol. The van der Waals surface area contributed by atoms with Crippen LogP contribution in [0.3, 0.4) is 0 Å². The molecular formula is C11H18ClNO2. The molecule has 1 amide bonds. The van der Waals surface area contributed by atoms with Crippen molar-refractivity contribution in [3.63, 3.8) is 0 Å². The Morgan fingerprint density at radius 2 is 2.33 bits per heavy atom. The van der Waals surface area contributed by atoms with Crippen molar-refractivity contribution in [2.75, 3.05) is 32.2 Å². The molecule has 3 nitrogen and oxygen atoms in total. The highest BCUT2D eigenvalue weighted by atomic mass is 35.5. The molecule has 0 aromatic rings. The summed E-state index contributed by atoms with van der Waals surface area (Å²) in [5, 5.41) is 0. The van der Waals surface area contributed by atoms with Crippen LogP contribution in [0, 0.1) is 11.8 Å². The van der Waals surface area contributed by atoms with Crippen molar-refractivity contribution in [2.24, 2.45) is 11.8 Å². The summed E-state index contributed by atoms with van der Waals surface area (Å²) in [7, 11) is 0. The van der Waals surface area contributed by atoms with Crippen LogP contribution in [0.4, 0.5) is 0 Å². The van der Waals surface area contributed by atoms with Gasteiger partial charge in [0.1, 0.15) is 0 Å². The Bertz CT molecular complexity index is 229. The lowest BCUT2D eigenvalue weighted by atomic mass is 10.1. The average molecular weight is 232 g/mol. The van der Waals surface area contributed by atoms with Crippen LogP contribution in [0.1, 0.15) is 19.3 Å². The molecule has 0 aromatic heterocycles. The maximum Gasteiger partial charge on any atom is 0.228 e. The van der Waals surface area contributed by atoms with Crippen LogP contribution < -0.4 is 0 Å². The molecule has 4 heteroatoms. The van der Waals surface area contributed by atoms with Gasteiger partial charge >= 0.3 is 0 Å². The van der Waals surface area contributed by atoms with Gasteiger partial charge in [-0.25, -0.2) is 0 Å². The number of ether oxygens (including phenoxy) is 1. The summed E-state index contributed by atoms with van der Waals surface area (Å²) in [6, 6.07) is 0. The van der Waals surface area contributed by atoms with E-state index in [4.69, 9.17) is 16.3 Å². The van der Waals surface area contributed by atoms with E-state index >= 15 is 0 Å². The minimum Gasteiger partial charge on any atom is -0.381 e. The van der Waals surface area contributed by atoms with Gasteiger partial charge in [0.2, 0.25) is 5.91 Å². The van der Waals surface area contributed by atoms with E-state index in [2.05, 4.69) is 0 Å². The third-order valence-electron chi connectivity index (χ3n) is 3.39. The molecule has 0 bridgehead atoms. The topological polar surface area (TPSA) is 29.5 Å². The van der Waals surface area contributed by atoms with Crippen molar-refractivity contribution >= 4 is 17.5 Å². The predicted octanol–water partition coefficient (Wildman–Crippen LogP) is 1.50. The number of hydrogen-bond acceptors (Lipinski definition) is 2. The molecule has 2 fully saturated rings. The molecule has 2 unspecified atom stereocenters. The van der Waals surface area contributed by atoms with E-state index in [1.165, 1.54) is 0 Å². The maximum atomic E-state index is 12.0. The van der Waals surface area contributed by atoms with Crippen molar-refractivity contribution in [3.8, 4) is 0 Å². The third kappa shape index (κ3) is 2.64. The normalized spacial score (nSPS) is 31.1. The zero-order valence-electron chi connectivity index (χ0n) is 8.95. The number of hydrogen-bond donors (Lipinski definition) is 0. The maximum absolute atomic E-state index is 12.0. The van der Waals surface area contributed by atoms with Gasteiger partial charge in [-0.15, -0.1) is 11.6 Å². The Morgan fingerprint density at radius 3 is 3.00 bits per heavy atom. The number of nitrogens with zero attached hydrogens (tertiary/aromatic N) is 1. The van der Waals surface area contributed by atoms with E-state index in [1.54, 1.807) is 0 Å². The van der Waals surface area contributed by atoms with Gasteiger partial charge in [-0.3, -0.25) is 4.79 Å². The fourth-order valence-electron chi connectivity index (χ4n) is 2.41. The van der Waals surface area contributed by atoms with E-state index in [9.17, 15) is 4.79 Å². The summed E-state index contributed by atoms with van der Waals surface area (Å²) in [5.74, 6) is 1.75. The number of rotatable bonds is 3. The first-order valence-electron chi connectivity index (χ1n) is 5.73. The summed E-state index contributed by atoms with van der Waals surface area (Å²) < 4.78 is 5.24. The van der Waals surface area contributed by atoms with Gasteiger partial charge in [-0.05, 0) is 25.2 Å². The lowest BCUT2D eigenvalue weighted by molar-refractivity contribution is -0.134. The molecule has 86 valence electrons. The summed E-state index contributed by atoms with van der Waals surface area (Å²) in [6.45, 7) is 3.18. The molecule has 2 aliphatic rings. The van der Waals surface area contributed by atoms with Crippen LogP contribution in [0.15, 0.2) is 0 Å². The number of amides is 1. The molecule has 2 heterocycles. The fourth-order valence-corrected chi connectivity index (χ4v) is 2.72. The van der Waals surface area contributed by atoms with Crippen molar-refractivity contribution in [1.82, 2.24) is 4.90 Å². The molecule has 0 radical (unpaired) electrons. The largest absolute Gasteiger partial charge is 0.381 e. The molecule has 0 aliphatic carbocycles. The standard InChI is InChI=1S/C11H18ClNO2/c12-4-1-9-2-5-13(7-9)11(14)10-3-6-15-8-10/h9-10H,1-8H2. The second-order valence-corrected chi connectivity index (χ2v) is 4.86. The molecule has 2 rings (SSSR count). The van der Waals surface area contributed by atoms with Crippen LogP contribution in [0.25, 0.3) is 0 Å². The summed E-state index contributed by atoms with van der Waals surface area (Å²) in [6.07, 6.45) is 3.05. The molecule has 2 atom stereocenters. The number of alkyl halides is 1. The summed E-state index contributed by atoms with van der Waals surface area (Å²) >= 11 is 5.71. The average Bonchev–Trinajstić information content (AvgIpc) is 2.87. The molecule has 15 heavy (non-hydrogen) atoms. The van der Waals surface area contributed by atoms with Gasteiger partial charge in [-0.2, -0.15) is 0 Å². The lowest BCUT2D eigenvalue weighted by Gasteiger charge is -2.19. The molecule has 0 saturated carbocycles. The fraction of sp³-hybridized carbons (Fsp3) is 0.909. The van der Waals surface area contributed by atoms with E-state index in [0.29, 0.717) is 24.3 Å². The van der Waals surface area contributed by atoms with Crippen molar-refractivity contribution in [1.29, 1.82) is 0 Å². The number of halogens is 1. The van der Waals surface area contributed by atoms with Crippen LogP contribution in [-0.2, 0) is 9.53 Å². The van der Waals surface area contributed by atoms with Crippen LogP contribution >= 0.6 is 11.6 Å². The van der Waals surface area contributed by atoms with Gasteiger partial charge in [0.25, 0.3) is 0 Å². The number of carbonyl (C=O) groups is 1. The van der Waals surface area contributed by atoms with Gasteiger partial charge < -0.3 is 9.64 Å². The first kappa shape index (κ1) is 11.2. The highest BCUT2D eigenvalue weighted by Crippen LogP contribution is 2.24. The molecule has 0 N–H and O–H groups in total. The molecule has 2 aliphatic heterocycles. The first-order chi connectivity index (χ1) is 7.31. The zero-order chi connectivity index (χ0) is 10.7. The quantitative estimate of drug-likeness (QED) is 0.689. The Balaban J connectivity index is 1.81. The molecule has 0 spiro atoms. The monoisotopic (exact) mass is 231 g/mol. The van der Waals surface area contributed by atoms with Crippen LogP contribution in [0.5, 0.6) is 0 Å². The van der Waals surface area contributed by atoms with E-state index < -0.39 is 0 Å². The van der Waals surface area contributed by atoms with E-state index in [0.717, 1.165) is 39.0 Å². The minimum atomic E-state index is 0.125. The van der Waals surface area contributed by atoms with Crippen molar-refractivity contribution in [2.45, 2.75) is 19.3 Å². The third-order valence-corrected chi connectivity index (χ3v) is 3.61. The summed E-state index contributed by atoms with van der Waals surface area (Å²) in [4.78, 5) is 14.0. The SMILES string of the molecule is O=C(C1CCOC1)N1CCC(CCCl)C1. The Labute approximate surface area is 95.7 Å². The highest BCUT2D eigenvalue weighted by Gasteiger charge is 2.32. The number of carbonyl (C=O) groups excluding carboxylic acids is 1. The summed E-state index contributed by atoms with van der Waals surface area (Å²) in [5.41, 5.74) is 0. The molecule has 2 saturated heterocycles. The smallest absolute Gasteiger partial charge is 0.228 e. The van der Waals surface area contributed by atoms with Gasteiger partial charge in [0, 0.05) is 25.6 Å². The zero-order valence-corrected chi connectivity index (χ0v) is 9.71. The van der Waals surface area contributed by atoms with E-state index in [-0.39, 0.29) is 5.92 Å². The van der Waals surface area contributed by atoms with Crippen LogP contribution in [0.2, 0.25) is 0 Å². The van der Waals surface area contributed by atoms with Gasteiger partial charge in [0.15, 0.2) is 0 Å². The number of likely N-dealkylation sites (tertiary alicyclic amines) is 1. The first-order valence-corrected chi connectivity index (χ1v) is 6.27. The minimum absolute atomic E-state index is 0.125. The molecule has 0 aromatic carbocycles. The Morgan fingerprint density at radius 1 is 1.47 bits per heavy atom. The van der Waals surface area contributed by atoms with Gasteiger partial charge in [0.05, 0.1) is 12.5 Å². The Hall–Kier alpha value is -0.280. The second kappa shape index (κ2) is 5.17. The van der Waals surface area contributed by atoms with E-state index in [1.807, 2.05) is 4.90 Å². The van der Waals surface area contributed by atoms with Gasteiger partial charge in [-0.1, -0.05) is 0 Å². The molecular weight excluding hydrogens is 214 g/mol. The van der Waals surface area contributed by atoms with Crippen molar-refractivity contribution < 1.29 is 9.53 Å². The highest BCUT2D eigenvalue weighted by molar-refractivity contribution is 6.17. The lowest BCUT2D eigenvalue weighted by Crippen LogP contribution is -2.34. The van der Waals surface area contributed by atoms with Crippen molar-refractivity contribution in [3.05, 3.63) is 0 Å². The Kier molecular flexibility index (Phi) is 3.87.